The zero-order valence-corrected chi connectivity index (χ0v) is 57.3. The molecule has 0 heterocycles. The number of esters is 2. The number of ketones is 2. The van der Waals surface area contributed by atoms with Crippen molar-refractivity contribution in [2.75, 3.05) is 46.6 Å². The molecule has 0 aliphatic heterocycles. The van der Waals surface area contributed by atoms with Gasteiger partial charge in [0.25, 0.3) is 0 Å². The SMILES string of the molecule is CC(C)[C@@H](NC(=O)CCCCCNC(=O)CBr)C(=O)C[C@H](CCCNC(N)=O)C(=O)Nc1ccc(COC(=O)C(C)(C)C)cc1.CC(C)[C@@H](NC(=O)CCCCNC(=O)CI)C(=O)C[C@H](CCCNC(N)=O)C(=O)Nc1ccc(COC(=O)C(C)(C)C)cc1. The average Bonchev–Trinajstić information content (AvgIpc) is 3.64. The molecule has 0 aromatic heterocycles. The first-order valence-electron chi connectivity index (χ1n) is 30.3. The van der Waals surface area contributed by atoms with Crippen LogP contribution in [0.4, 0.5) is 21.0 Å². The number of halogens is 2. The number of nitrogens with one attached hydrogen (secondary N) is 8. The third-order valence-corrected chi connectivity index (χ3v) is 14.8. The molecule has 2 rings (SSSR count). The second-order valence-corrected chi connectivity index (χ2v) is 25.8. The average molecular weight is 1430 g/mol. The standard InChI is InChI=1S/C32H50BrN5O7.C31H48IN5O7/c1-21(2)28(38-26(40)11-7-6-8-16-35-27(41)19-33)25(39)18-23(10-9-17-36-31(34)44)29(42)37-24-14-12-22(13-15-24)20-45-30(43)32(3,4)5;1-20(2)27(37-25(39)10-6-7-15-34-26(40)18-32)24(38)17-22(9-8-16-35-30(33)43)28(41)36-23-13-11-21(12-14-23)19-44-29(42)31(3,4)5/h12-15,21,23,28H,6-11,16-20H2,1-5H3,(H,35,41)(H,37,42)(H,38,40)(H3,34,36,44);11-14,20,22,27H,6-10,15-19H2,1-5H3,(H,34,40)(H,36,41)(H,37,39)(H3,33,35,43)/t23-,28+;22-,27+/m00/s1. The van der Waals surface area contributed by atoms with E-state index >= 15 is 0 Å². The van der Waals surface area contributed by atoms with Gasteiger partial charge in [-0.1, -0.05) is 96.9 Å². The van der Waals surface area contributed by atoms with E-state index in [0.717, 1.165) is 24.0 Å². The first kappa shape index (κ1) is 80.3. The summed E-state index contributed by atoms with van der Waals surface area (Å²) in [5.74, 6) is -4.37. The number of alkyl halides is 2. The Kier molecular flexibility index (Phi) is 38.9. The molecule has 0 radical (unpaired) electrons. The fourth-order valence-electron chi connectivity index (χ4n) is 8.38. The van der Waals surface area contributed by atoms with E-state index in [9.17, 15) is 57.5 Å². The van der Waals surface area contributed by atoms with Crippen LogP contribution >= 0.6 is 38.5 Å². The minimum atomic E-state index is -0.768. The Morgan fingerprint density at radius 3 is 1.17 bits per heavy atom. The fourth-order valence-corrected chi connectivity index (χ4v) is 8.84. The summed E-state index contributed by atoms with van der Waals surface area (Å²) in [6.07, 6.45) is 5.02. The van der Waals surface area contributed by atoms with E-state index in [1.165, 1.54) is 0 Å². The third kappa shape index (κ3) is 36.5. The highest BCUT2D eigenvalue weighted by molar-refractivity contribution is 14.1. The maximum atomic E-state index is 13.4. The summed E-state index contributed by atoms with van der Waals surface area (Å²) in [6, 6.07) is 10.9. The summed E-state index contributed by atoms with van der Waals surface area (Å²) in [5, 5.41) is 22.1. The fraction of sp³-hybridized carbons (Fsp3) is 0.619. The molecule has 24 nitrogen and oxygen atoms in total. The predicted octanol–water partition coefficient (Wildman–Crippen LogP) is 7.55. The van der Waals surface area contributed by atoms with Crippen LogP contribution in [0.1, 0.15) is 164 Å². The highest BCUT2D eigenvalue weighted by Gasteiger charge is 2.32. The zero-order valence-electron chi connectivity index (χ0n) is 53.6. The summed E-state index contributed by atoms with van der Waals surface area (Å²) in [6.45, 7) is 19.7. The Morgan fingerprint density at radius 2 is 0.831 bits per heavy atom. The van der Waals surface area contributed by atoms with Crippen LogP contribution in [-0.2, 0) is 70.6 Å². The number of rotatable bonds is 39. The van der Waals surface area contributed by atoms with Crippen molar-refractivity contribution in [1.82, 2.24) is 31.9 Å². The number of Topliss-reactive ketones (excluding diaryl/α,β-unsaturated/α-hetero) is 2. The summed E-state index contributed by atoms with van der Waals surface area (Å²) < 4.78 is 11.0. The molecule has 0 bridgehead atoms. The van der Waals surface area contributed by atoms with Crippen molar-refractivity contribution in [2.45, 2.75) is 178 Å². The van der Waals surface area contributed by atoms with Gasteiger partial charge in [0.1, 0.15) is 13.2 Å². The molecule has 0 fully saturated rings. The quantitative estimate of drug-likeness (QED) is 0.0134. The van der Waals surface area contributed by atoms with Crippen LogP contribution in [0.5, 0.6) is 0 Å². The van der Waals surface area contributed by atoms with Gasteiger partial charge in [-0.3, -0.25) is 47.9 Å². The molecule has 0 saturated carbocycles. The molecule has 498 valence electrons. The first-order valence-corrected chi connectivity index (χ1v) is 32.9. The monoisotopic (exact) mass is 1420 g/mol. The number of anilines is 2. The highest BCUT2D eigenvalue weighted by Crippen LogP contribution is 2.23. The Bertz CT molecular complexity index is 2610. The van der Waals surface area contributed by atoms with Crippen LogP contribution in [0.3, 0.4) is 0 Å². The van der Waals surface area contributed by atoms with Crippen molar-refractivity contribution in [1.29, 1.82) is 0 Å². The summed E-state index contributed by atoms with van der Waals surface area (Å²) >= 11 is 5.07. The second-order valence-electron chi connectivity index (χ2n) is 24.4. The minimum absolute atomic E-state index is 0.0552. The second kappa shape index (κ2) is 43.1. The molecule has 2 aromatic carbocycles. The number of amides is 10. The molecule has 0 aliphatic rings. The predicted molar refractivity (Wildman–Crippen MR) is 353 cm³/mol. The zero-order chi connectivity index (χ0) is 67.3. The number of carbonyl (C=O) groups excluding carboxylic acids is 12. The van der Waals surface area contributed by atoms with E-state index < -0.39 is 46.8 Å². The van der Waals surface area contributed by atoms with Crippen molar-refractivity contribution >= 4 is 121 Å². The van der Waals surface area contributed by atoms with Crippen molar-refractivity contribution in [2.24, 2.45) is 46.0 Å². The summed E-state index contributed by atoms with van der Waals surface area (Å²) in [5.41, 5.74) is 11.6. The Morgan fingerprint density at radius 1 is 0.483 bits per heavy atom. The molecule has 12 N–H and O–H groups in total. The number of nitrogens with two attached hydrogens (primary N) is 2. The lowest BCUT2D eigenvalue weighted by molar-refractivity contribution is -0.155. The number of hydrogen-bond donors (Lipinski definition) is 10. The Balaban J connectivity index is 0.000000890. The van der Waals surface area contributed by atoms with Crippen molar-refractivity contribution < 1.29 is 67.0 Å². The van der Waals surface area contributed by atoms with Crippen LogP contribution < -0.4 is 54.0 Å². The van der Waals surface area contributed by atoms with Crippen LogP contribution in [0.15, 0.2) is 48.5 Å². The summed E-state index contributed by atoms with van der Waals surface area (Å²) in [4.78, 5) is 148. The number of primary amides is 2. The first-order chi connectivity index (χ1) is 41.8. The van der Waals surface area contributed by atoms with Crippen LogP contribution in [0, 0.1) is 34.5 Å². The normalized spacial score (nSPS) is 12.5. The number of hydrogen-bond acceptors (Lipinski definition) is 14. The molecule has 0 unspecified atom stereocenters. The molecule has 10 amide bonds. The van der Waals surface area contributed by atoms with Gasteiger partial charge in [-0.2, -0.15) is 0 Å². The number of urea groups is 2. The molecule has 0 aliphatic carbocycles. The number of ether oxygens (including phenoxy) is 2. The van der Waals surface area contributed by atoms with Gasteiger partial charge in [0.05, 0.1) is 32.7 Å². The smallest absolute Gasteiger partial charge is 0.312 e. The van der Waals surface area contributed by atoms with Crippen molar-refractivity contribution in [3.05, 3.63) is 59.7 Å². The van der Waals surface area contributed by atoms with E-state index in [4.69, 9.17) is 20.9 Å². The number of benzene rings is 2. The van der Waals surface area contributed by atoms with Crippen LogP contribution in [-0.4, -0.2) is 119 Å². The molecule has 4 atom stereocenters. The van der Waals surface area contributed by atoms with E-state index in [-0.39, 0.29) is 128 Å². The van der Waals surface area contributed by atoms with Gasteiger partial charge in [0.15, 0.2) is 11.6 Å². The lowest BCUT2D eigenvalue weighted by Gasteiger charge is -2.24. The molecular formula is C63H98BrIN10O14. The van der Waals surface area contributed by atoms with Gasteiger partial charge in [-0.05, 0) is 140 Å². The van der Waals surface area contributed by atoms with E-state index in [1.807, 2.05) is 50.3 Å². The minimum Gasteiger partial charge on any atom is -0.460 e. The molecule has 0 saturated heterocycles. The largest absolute Gasteiger partial charge is 0.460 e. The maximum absolute atomic E-state index is 13.4. The third-order valence-electron chi connectivity index (χ3n) is 13.6. The lowest BCUT2D eigenvalue weighted by atomic mass is 9.89. The molecule has 2 aromatic rings. The van der Waals surface area contributed by atoms with Gasteiger partial charge >= 0.3 is 24.0 Å². The van der Waals surface area contributed by atoms with Gasteiger partial charge in [-0.25, -0.2) is 9.59 Å². The molecule has 89 heavy (non-hydrogen) atoms. The maximum Gasteiger partial charge on any atom is 0.312 e. The molecule has 26 heteroatoms. The van der Waals surface area contributed by atoms with E-state index in [2.05, 4.69) is 58.5 Å². The number of unbranched alkanes of at least 4 members (excludes halogenated alkanes) is 3. The molecule has 0 spiro atoms. The van der Waals surface area contributed by atoms with E-state index in [1.54, 1.807) is 90.1 Å². The molecular weight excluding hydrogens is 1330 g/mol. The van der Waals surface area contributed by atoms with Crippen molar-refractivity contribution in [3.63, 3.8) is 0 Å². The Labute approximate surface area is 546 Å². The van der Waals surface area contributed by atoms with Crippen LogP contribution in [0.2, 0.25) is 0 Å². The van der Waals surface area contributed by atoms with E-state index in [0.29, 0.717) is 73.8 Å². The lowest BCUT2D eigenvalue weighted by Crippen LogP contribution is -2.45. The highest BCUT2D eigenvalue weighted by atomic mass is 127. The Hall–Kier alpha value is -6.71. The van der Waals surface area contributed by atoms with Crippen molar-refractivity contribution in [3.8, 4) is 0 Å². The van der Waals surface area contributed by atoms with Gasteiger partial charge in [0.2, 0.25) is 35.4 Å². The topological polar surface area (TPSA) is 372 Å². The van der Waals surface area contributed by atoms with Crippen LogP contribution in [0.25, 0.3) is 0 Å². The number of carbonyl (C=O) groups is 12. The van der Waals surface area contributed by atoms with Gasteiger partial charge in [-0.15, -0.1) is 0 Å². The van der Waals surface area contributed by atoms with Gasteiger partial charge < -0.3 is 63.5 Å². The van der Waals surface area contributed by atoms with Gasteiger partial charge in [0, 0.05) is 75.1 Å². The summed E-state index contributed by atoms with van der Waals surface area (Å²) in [7, 11) is 0.